The molecular weight excluding hydrogens is 112 g/mol. The second-order valence-corrected chi connectivity index (χ2v) is 2.48. The zero-order chi connectivity index (χ0) is 6.69. The molecule has 2 heteroatoms. The molecule has 46 valence electrons. The molecule has 9 heavy (non-hydrogen) atoms. The molecule has 0 aliphatic heterocycles. The summed E-state index contributed by atoms with van der Waals surface area (Å²) < 4.78 is 0. The molecule has 1 fully saturated rings. The summed E-state index contributed by atoms with van der Waals surface area (Å²) in [4.78, 5) is 0. The first kappa shape index (κ1) is 6.11. The Bertz CT molecular complexity index is 152. The second kappa shape index (κ2) is 2.51. The Morgan fingerprint density at radius 1 is 1.11 bits per heavy atom. The van der Waals surface area contributed by atoms with Gasteiger partial charge in [0.15, 0.2) is 0 Å². The lowest BCUT2D eigenvalue weighted by Gasteiger charge is -1.82. The second-order valence-electron chi connectivity index (χ2n) is 2.48. The molecular formula is C7H8N2. The van der Waals surface area contributed by atoms with E-state index in [1.165, 1.54) is 0 Å². The first-order valence-electron chi connectivity index (χ1n) is 3.12. The predicted octanol–water partition coefficient (Wildman–Crippen LogP) is 1.45. The first-order valence-corrected chi connectivity index (χ1v) is 3.12. The molecule has 1 saturated carbocycles. The van der Waals surface area contributed by atoms with Gasteiger partial charge in [0.2, 0.25) is 0 Å². The van der Waals surface area contributed by atoms with E-state index in [0.717, 1.165) is 6.42 Å². The summed E-state index contributed by atoms with van der Waals surface area (Å²) in [6, 6.07) is 4.22. The van der Waals surface area contributed by atoms with E-state index >= 15 is 0 Å². The van der Waals surface area contributed by atoms with E-state index in [2.05, 4.69) is 12.1 Å². The van der Waals surface area contributed by atoms with Crippen LogP contribution in [-0.2, 0) is 0 Å². The van der Waals surface area contributed by atoms with Gasteiger partial charge in [0.05, 0.1) is 12.1 Å². The van der Waals surface area contributed by atoms with Crippen molar-refractivity contribution < 1.29 is 0 Å². The highest BCUT2D eigenvalue weighted by Crippen LogP contribution is 2.42. The molecule has 0 aromatic heterocycles. The Morgan fingerprint density at radius 3 is 1.89 bits per heavy atom. The lowest BCUT2D eigenvalue weighted by atomic mass is 10.2. The first-order chi connectivity index (χ1) is 4.38. The van der Waals surface area contributed by atoms with Crippen molar-refractivity contribution in [1.29, 1.82) is 10.5 Å². The maximum absolute atomic E-state index is 8.23. The van der Waals surface area contributed by atoms with Crippen LogP contribution in [0.15, 0.2) is 0 Å². The molecule has 1 aliphatic rings. The third-order valence-electron chi connectivity index (χ3n) is 1.78. The van der Waals surface area contributed by atoms with Crippen molar-refractivity contribution in [3.05, 3.63) is 0 Å². The van der Waals surface area contributed by atoms with Crippen molar-refractivity contribution in [2.24, 2.45) is 11.8 Å². The van der Waals surface area contributed by atoms with Gasteiger partial charge in [-0.2, -0.15) is 10.5 Å². The molecule has 1 rings (SSSR count). The van der Waals surface area contributed by atoms with Gasteiger partial charge in [0.25, 0.3) is 0 Å². The monoisotopic (exact) mass is 120 g/mol. The molecule has 0 spiro atoms. The molecule has 0 heterocycles. The SMILES string of the molecule is N#CC[C@H]1C[C@@H]1CC#N. The lowest BCUT2D eigenvalue weighted by Crippen LogP contribution is -1.77. The lowest BCUT2D eigenvalue weighted by molar-refractivity contribution is 0.730. The number of hydrogen-bond donors (Lipinski definition) is 0. The third kappa shape index (κ3) is 1.44. The van der Waals surface area contributed by atoms with Gasteiger partial charge >= 0.3 is 0 Å². The normalized spacial score (nSPS) is 30.4. The van der Waals surface area contributed by atoms with Crippen molar-refractivity contribution in [3.63, 3.8) is 0 Å². The van der Waals surface area contributed by atoms with Crippen LogP contribution in [0.5, 0.6) is 0 Å². The fourth-order valence-electron chi connectivity index (χ4n) is 1.04. The molecule has 0 amide bonds. The summed E-state index contributed by atoms with van der Waals surface area (Å²) in [7, 11) is 0. The van der Waals surface area contributed by atoms with E-state index in [-0.39, 0.29) is 0 Å². The van der Waals surface area contributed by atoms with E-state index < -0.39 is 0 Å². The van der Waals surface area contributed by atoms with Crippen molar-refractivity contribution in [1.82, 2.24) is 0 Å². The Hall–Kier alpha value is -1.02. The van der Waals surface area contributed by atoms with Crippen LogP contribution in [0.4, 0.5) is 0 Å². The van der Waals surface area contributed by atoms with Gasteiger partial charge in [-0.1, -0.05) is 0 Å². The molecule has 0 N–H and O–H groups in total. The van der Waals surface area contributed by atoms with Gasteiger partial charge < -0.3 is 0 Å². The van der Waals surface area contributed by atoms with Gasteiger partial charge in [-0.15, -0.1) is 0 Å². The van der Waals surface area contributed by atoms with Crippen LogP contribution in [0.1, 0.15) is 19.3 Å². The molecule has 0 radical (unpaired) electrons. The van der Waals surface area contributed by atoms with Crippen LogP contribution in [0.3, 0.4) is 0 Å². The Labute approximate surface area is 54.7 Å². The summed E-state index contributed by atoms with van der Waals surface area (Å²) in [6.45, 7) is 0. The Balaban J connectivity index is 2.13. The predicted molar refractivity (Wildman–Crippen MR) is 32.1 cm³/mol. The molecule has 2 nitrogen and oxygen atoms in total. The van der Waals surface area contributed by atoms with E-state index in [1.807, 2.05) is 0 Å². The summed E-state index contributed by atoms with van der Waals surface area (Å²) in [5.41, 5.74) is 0. The highest BCUT2D eigenvalue weighted by Gasteiger charge is 2.35. The van der Waals surface area contributed by atoms with E-state index in [4.69, 9.17) is 10.5 Å². The largest absolute Gasteiger partial charge is 0.198 e. The van der Waals surface area contributed by atoms with E-state index in [9.17, 15) is 0 Å². The quantitative estimate of drug-likeness (QED) is 0.553. The van der Waals surface area contributed by atoms with Crippen LogP contribution in [0.25, 0.3) is 0 Å². The minimum atomic E-state index is 0.551. The van der Waals surface area contributed by atoms with Crippen LogP contribution in [-0.4, -0.2) is 0 Å². The number of hydrogen-bond acceptors (Lipinski definition) is 2. The van der Waals surface area contributed by atoms with Gasteiger partial charge in [-0.3, -0.25) is 0 Å². The van der Waals surface area contributed by atoms with E-state index in [1.54, 1.807) is 0 Å². The molecule has 2 atom stereocenters. The minimum absolute atomic E-state index is 0.551. The summed E-state index contributed by atoms with van der Waals surface area (Å²) in [5, 5.41) is 16.5. The summed E-state index contributed by atoms with van der Waals surface area (Å²) >= 11 is 0. The maximum atomic E-state index is 8.23. The highest BCUT2D eigenvalue weighted by molar-refractivity contribution is 4.96. The average Bonchev–Trinajstić information content (AvgIpc) is 2.50. The smallest absolute Gasteiger partial charge is 0.0624 e. The van der Waals surface area contributed by atoms with Crippen molar-refractivity contribution in [3.8, 4) is 12.1 Å². The van der Waals surface area contributed by atoms with Gasteiger partial charge in [-0.05, 0) is 18.3 Å². The zero-order valence-electron chi connectivity index (χ0n) is 5.17. The average molecular weight is 120 g/mol. The molecule has 0 unspecified atom stereocenters. The molecule has 0 bridgehead atoms. The minimum Gasteiger partial charge on any atom is -0.198 e. The zero-order valence-corrected chi connectivity index (χ0v) is 5.17. The molecule has 0 aromatic rings. The Morgan fingerprint density at radius 2 is 1.56 bits per heavy atom. The molecule has 1 aliphatic carbocycles. The van der Waals surface area contributed by atoms with Crippen LogP contribution in [0.2, 0.25) is 0 Å². The van der Waals surface area contributed by atoms with Crippen LogP contribution in [0, 0.1) is 34.5 Å². The van der Waals surface area contributed by atoms with Gasteiger partial charge in [-0.25, -0.2) is 0 Å². The van der Waals surface area contributed by atoms with Crippen molar-refractivity contribution in [2.45, 2.75) is 19.3 Å². The van der Waals surface area contributed by atoms with Crippen LogP contribution >= 0.6 is 0 Å². The van der Waals surface area contributed by atoms with Gasteiger partial charge in [0.1, 0.15) is 0 Å². The fourth-order valence-corrected chi connectivity index (χ4v) is 1.04. The number of nitriles is 2. The Kier molecular flexibility index (Phi) is 1.70. The third-order valence-corrected chi connectivity index (χ3v) is 1.78. The molecule has 0 aromatic carbocycles. The maximum Gasteiger partial charge on any atom is 0.0624 e. The number of rotatable bonds is 2. The molecule has 0 saturated heterocycles. The highest BCUT2D eigenvalue weighted by atomic mass is 14.4. The van der Waals surface area contributed by atoms with Crippen molar-refractivity contribution >= 4 is 0 Å². The fraction of sp³-hybridized carbons (Fsp3) is 0.714. The standard InChI is InChI=1S/C7H8N2/c8-3-1-6-5-7(6)2-4-9/h6-7H,1-2,5H2/t6-,7-/m0/s1. The van der Waals surface area contributed by atoms with Crippen LogP contribution < -0.4 is 0 Å². The van der Waals surface area contributed by atoms with Gasteiger partial charge in [0, 0.05) is 12.8 Å². The topological polar surface area (TPSA) is 47.6 Å². The summed E-state index contributed by atoms with van der Waals surface area (Å²) in [5.74, 6) is 1.10. The number of nitrogens with zero attached hydrogens (tertiary/aromatic N) is 2. The summed E-state index contributed by atoms with van der Waals surface area (Å²) in [6.07, 6.45) is 2.39. The van der Waals surface area contributed by atoms with E-state index in [0.29, 0.717) is 24.7 Å². The van der Waals surface area contributed by atoms with Crippen molar-refractivity contribution in [2.75, 3.05) is 0 Å².